The summed E-state index contributed by atoms with van der Waals surface area (Å²) in [5.74, 6) is 0. The molecule has 0 aromatic carbocycles. The quantitative estimate of drug-likeness (QED) is 0.711. The van der Waals surface area contributed by atoms with Crippen molar-refractivity contribution in [2.45, 2.75) is 26.1 Å². The van der Waals surface area contributed by atoms with Crippen molar-refractivity contribution in [3.05, 3.63) is 0 Å². The minimum atomic E-state index is -4.21. The molecular formula is C7H15F3N2. The van der Waals surface area contributed by atoms with Gasteiger partial charge in [0.15, 0.2) is 0 Å². The van der Waals surface area contributed by atoms with Crippen molar-refractivity contribution in [1.29, 1.82) is 0 Å². The third-order valence-corrected chi connectivity index (χ3v) is 1.85. The first-order valence-electron chi connectivity index (χ1n) is 3.98. The van der Waals surface area contributed by atoms with Crippen molar-refractivity contribution in [2.75, 3.05) is 19.6 Å². The standard InChI is InChI=1S/C7H15F3N2/c1-3-12(4-2)6(5-11)7(8,9)10/h6H,3-5,11H2,1-2H3/t6-/m1/s1. The summed E-state index contributed by atoms with van der Waals surface area (Å²) >= 11 is 0. The Morgan fingerprint density at radius 1 is 1.25 bits per heavy atom. The Hall–Kier alpha value is -0.290. The van der Waals surface area contributed by atoms with Crippen LogP contribution in [-0.4, -0.2) is 36.8 Å². The fraction of sp³-hybridized carbons (Fsp3) is 1.00. The molecule has 0 aromatic heterocycles. The van der Waals surface area contributed by atoms with Gasteiger partial charge in [-0.3, -0.25) is 4.90 Å². The minimum absolute atomic E-state index is 0.370. The highest BCUT2D eigenvalue weighted by Gasteiger charge is 2.41. The number of halogens is 3. The van der Waals surface area contributed by atoms with Gasteiger partial charge in [-0.05, 0) is 13.1 Å². The van der Waals surface area contributed by atoms with Gasteiger partial charge in [0, 0.05) is 6.54 Å². The maximum absolute atomic E-state index is 12.2. The summed E-state index contributed by atoms with van der Waals surface area (Å²) in [6.07, 6.45) is -4.21. The first-order chi connectivity index (χ1) is 5.47. The predicted octanol–water partition coefficient (Wildman–Crippen LogP) is 1.22. The average molecular weight is 184 g/mol. The normalized spacial score (nSPS) is 15.2. The molecule has 2 N–H and O–H groups in total. The van der Waals surface area contributed by atoms with E-state index in [0.717, 1.165) is 0 Å². The van der Waals surface area contributed by atoms with Crippen LogP contribution in [0, 0.1) is 0 Å². The molecule has 0 amide bonds. The molecule has 0 radical (unpaired) electrons. The van der Waals surface area contributed by atoms with Gasteiger partial charge in [-0.25, -0.2) is 0 Å². The Balaban J connectivity index is 4.31. The predicted molar refractivity (Wildman–Crippen MR) is 41.8 cm³/mol. The number of likely N-dealkylation sites (N-methyl/N-ethyl adjacent to an activating group) is 1. The van der Waals surface area contributed by atoms with Gasteiger partial charge < -0.3 is 5.73 Å². The van der Waals surface area contributed by atoms with Crippen LogP contribution in [0.4, 0.5) is 13.2 Å². The zero-order chi connectivity index (χ0) is 9.78. The number of hydrogen-bond acceptors (Lipinski definition) is 2. The highest BCUT2D eigenvalue weighted by molar-refractivity contribution is 4.78. The van der Waals surface area contributed by atoms with Gasteiger partial charge in [0.05, 0.1) is 0 Å². The smallest absolute Gasteiger partial charge is 0.329 e. The second-order valence-corrected chi connectivity index (χ2v) is 2.51. The molecule has 0 aromatic rings. The maximum Gasteiger partial charge on any atom is 0.405 e. The van der Waals surface area contributed by atoms with E-state index in [9.17, 15) is 13.2 Å². The maximum atomic E-state index is 12.2. The van der Waals surface area contributed by atoms with Gasteiger partial charge in [0.25, 0.3) is 0 Å². The molecule has 0 heterocycles. The van der Waals surface area contributed by atoms with Gasteiger partial charge in [0.1, 0.15) is 6.04 Å². The lowest BCUT2D eigenvalue weighted by Crippen LogP contribution is -2.50. The fourth-order valence-electron chi connectivity index (χ4n) is 1.15. The Kier molecular flexibility index (Phi) is 4.55. The monoisotopic (exact) mass is 184 g/mol. The zero-order valence-corrected chi connectivity index (χ0v) is 7.36. The molecule has 0 saturated carbocycles. The van der Waals surface area contributed by atoms with Crippen molar-refractivity contribution in [3.63, 3.8) is 0 Å². The van der Waals surface area contributed by atoms with E-state index in [1.165, 1.54) is 4.90 Å². The summed E-state index contributed by atoms with van der Waals surface area (Å²) in [5.41, 5.74) is 5.05. The largest absolute Gasteiger partial charge is 0.405 e. The molecule has 0 aliphatic rings. The van der Waals surface area contributed by atoms with E-state index in [2.05, 4.69) is 0 Å². The van der Waals surface area contributed by atoms with Crippen molar-refractivity contribution in [2.24, 2.45) is 5.73 Å². The summed E-state index contributed by atoms with van der Waals surface area (Å²) in [5, 5.41) is 0. The van der Waals surface area contributed by atoms with Crippen LogP contribution in [0.1, 0.15) is 13.8 Å². The molecule has 0 rings (SSSR count). The number of nitrogens with two attached hydrogens (primary N) is 1. The van der Waals surface area contributed by atoms with E-state index in [1.807, 2.05) is 0 Å². The van der Waals surface area contributed by atoms with Crippen molar-refractivity contribution < 1.29 is 13.2 Å². The molecule has 0 aliphatic carbocycles. The zero-order valence-electron chi connectivity index (χ0n) is 7.36. The average Bonchev–Trinajstić information content (AvgIpc) is 1.97. The van der Waals surface area contributed by atoms with Crippen LogP contribution < -0.4 is 5.73 Å². The van der Waals surface area contributed by atoms with E-state index in [0.29, 0.717) is 13.1 Å². The minimum Gasteiger partial charge on any atom is -0.329 e. The Bertz CT molecular complexity index is 120. The first kappa shape index (κ1) is 11.7. The summed E-state index contributed by atoms with van der Waals surface area (Å²) in [6, 6.07) is -1.49. The van der Waals surface area contributed by atoms with Crippen LogP contribution >= 0.6 is 0 Å². The lowest BCUT2D eigenvalue weighted by Gasteiger charge is -2.29. The number of nitrogens with zero attached hydrogens (tertiary/aromatic N) is 1. The van der Waals surface area contributed by atoms with Gasteiger partial charge in [-0.2, -0.15) is 13.2 Å². The lowest BCUT2D eigenvalue weighted by atomic mass is 10.2. The molecule has 12 heavy (non-hydrogen) atoms. The number of alkyl halides is 3. The van der Waals surface area contributed by atoms with E-state index in [-0.39, 0.29) is 6.54 Å². The molecule has 2 nitrogen and oxygen atoms in total. The second kappa shape index (κ2) is 4.67. The SMILES string of the molecule is CCN(CC)[C@H](CN)C(F)(F)F. The Morgan fingerprint density at radius 2 is 1.67 bits per heavy atom. The molecule has 0 unspecified atom stereocenters. The molecule has 0 saturated heterocycles. The van der Waals surface area contributed by atoms with Gasteiger partial charge >= 0.3 is 6.18 Å². The summed E-state index contributed by atoms with van der Waals surface area (Å²) in [4.78, 5) is 1.31. The van der Waals surface area contributed by atoms with Crippen LogP contribution in [0.25, 0.3) is 0 Å². The first-order valence-corrected chi connectivity index (χ1v) is 3.98. The van der Waals surface area contributed by atoms with Crippen molar-refractivity contribution in [3.8, 4) is 0 Å². The van der Waals surface area contributed by atoms with Crippen molar-refractivity contribution in [1.82, 2.24) is 4.90 Å². The third kappa shape index (κ3) is 2.98. The van der Waals surface area contributed by atoms with Gasteiger partial charge in [0.2, 0.25) is 0 Å². The number of rotatable bonds is 4. The molecule has 0 aliphatic heterocycles. The Morgan fingerprint density at radius 3 is 1.75 bits per heavy atom. The van der Waals surface area contributed by atoms with E-state index in [4.69, 9.17) is 5.73 Å². The van der Waals surface area contributed by atoms with Crippen LogP contribution in [0.5, 0.6) is 0 Å². The van der Waals surface area contributed by atoms with Crippen LogP contribution in [-0.2, 0) is 0 Å². The summed E-state index contributed by atoms with van der Waals surface area (Å²) in [6.45, 7) is 3.76. The van der Waals surface area contributed by atoms with Crippen molar-refractivity contribution >= 4 is 0 Å². The lowest BCUT2D eigenvalue weighted by molar-refractivity contribution is -0.179. The van der Waals surface area contributed by atoms with Crippen LogP contribution in [0.3, 0.4) is 0 Å². The second-order valence-electron chi connectivity index (χ2n) is 2.51. The third-order valence-electron chi connectivity index (χ3n) is 1.85. The van der Waals surface area contributed by atoms with Gasteiger partial charge in [-0.1, -0.05) is 13.8 Å². The van der Waals surface area contributed by atoms with Gasteiger partial charge in [-0.15, -0.1) is 0 Å². The molecule has 0 bridgehead atoms. The Labute approximate surface area is 70.5 Å². The molecule has 74 valence electrons. The summed E-state index contributed by atoms with van der Waals surface area (Å²) in [7, 11) is 0. The van der Waals surface area contributed by atoms with Crippen LogP contribution in [0.15, 0.2) is 0 Å². The summed E-state index contributed by atoms with van der Waals surface area (Å²) < 4.78 is 36.7. The highest BCUT2D eigenvalue weighted by Crippen LogP contribution is 2.23. The topological polar surface area (TPSA) is 29.3 Å². The molecule has 0 fully saturated rings. The molecular weight excluding hydrogens is 169 g/mol. The van der Waals surface area contributed by atoms with E-state index in [1.54, 1.807) is 13.8 Å². The van der Waals surface area contributed by atoms with E-state index < -0.39 is 12.2 Å². The van der Waals surface area contributed by atoms with Crippen LogP contribution in [0.2, 0.25) is 0 Å². The highest BCUT2D eigenvalue weighted by atomic mass is 19.4. The fourth-order valence-corrected chi connectivity index (χ4v) is 1.15. The number of hydrogen-bond donors (Lipinski definition) is 1. The molecule has 0 spiro atoms. The molecule has 1 atom stereocenters. The molecule has 5 heteroatoms. The van der Waals surface area contributed by atoms with E-state index >= 15 is 0 Å².